The summed E-state index contributed by atoms with van der Waals surface area (Å²) in [6.45, 7) is 2.09. The summed E-state index contributed by atoms with van der Waals surface area (Å²) in [5.74, 6) is -0.143. The molecule has 9 heteroatoms. The SMILES string of the molecule is COc1ccc([N+](=O)[O-])c(S(=O)(=O)CCN2CCCCC2)n1. The Morgan fingerprint density at radius 3 is 2.59 bits per heavy atom. The van der Waals surface area contributed by atoms with E-state index in [0.29, 0.717) is 6.54 Å². The number of likely N-dealkylation sites (tertiary alicyclic amines) is 1. The number of sulfone groups is 1. The number of pyridine rings is 1. The van der Waals surface area contributed by atoms with E-state index in [4.69, 9.17) is 4.74 Å². The minimum Gasteiger partial charge on any atom is -0.481 e. The molecule has 122 valence electrons. The van der Waals surface area contributed by atoms with E-state index in [0.717, 1.165) is 38.4 Å². The highest BCUT2D eigenvalue weighted by molar-refractivity contribution is 7.91. The summed E-state index contributed by atoms with van der Waals surface area (Å²) in [5, 5.41) is 10.5. The van der Waals surface area contributed by atoms with Gasteiger partial charge in [-0.05, 0) is 25.9 Å². The summed E-state index contributed by atoms with van der Waals surface area (Å²) in [7, 11) is -2.51. The van der Waals surface area contributed by atoms with Crippen molar-refractivity contribution in [2.45, 2.75) is 24.3 Å². The van der Waals surface area contributed by atoms with Crippen LogP contribution in [-0.4, -0.2) is 55.7 Å². The van der Waals surface area contributed by atoms with Crippen LogP contribution in [0.2, 0.25) is 0 Å². The summed E-state index contributed by atoms with van der Waals surface area (Å²) < 4.78 is 29.7. The van der Waals surface area contributed by atoms with Crippen molar-refractivity contribution in [1.82, 2.24) is 9.88 Å². The van der Waals surface area contributed by atoms with Gasteiger partial charge in [0.1, 0.15) is 0 Å². The molecule has 0 aromatic carbocycles. The number of piperidine rings is 1. The second-order valence-electron chi connectivity index (χ2n) is 5.16. The van der Waals surface area contributed by atoms with Crippen molar-refractivity contribution < 1.29 is 18.1 Å². The first-order valence-corrected chi connectivity index (χ1v) is 8.74. The first-order valence-electron chi connectivity index (χ1n) is 7.08. The monoisotopic (exact) mass is 329 g/mol. The molecule has 1 aliphatic rings. The van der Waals surface area contributed by atoms with Crippen LogP contribution in [0.4, 0.5) is 5.69 Å². The summed E-state index contributed by atoms with van der Waals surface area (Å²) in [5.41, 5.74) is -0.514. The molecule has 0 saturated carbocycles. The Hall–Kier alpha value is -1.74. The van der Waals surface area contributed by atoms with E-state index < -0.39 is 25.5 Å². The smallest absolute Gasteiger partial charge is 0.306 e. The standard InChI is InChI=1S/C13H19N3O5S/c1-21-12-6-5-11(16(17)18)13(14-12)22(19,20)10-9-15-7-3-2-4-8-15/h5-6H,2-4,7-10H2,1H3. The van der Waals surface area contributed by atoms with Crippen LogP contribution in [0.5, 0.6) is 5.88 Å². The number of aromatic nitrogens is 1. The zero-order valence-corrected chi connectivity index (χ0v) is 13.2. The Balaban J connectivity index is 2.21. The van der Waals surface area contributed by atoms with Gasteiger partial charge in [0.05, 0.1) is 17.8 Å². The highest BCUT2D eigenvalue weighted by Crippen LogP contribution is 2.25. The quantitative estimate of drug-likeness (QED) is 0.571. The zero-order chi connectivity index (χ0) is 16.2. The molecule has 2 rings (SSSR count). The summed E-state index contributed by atoms with van der Waals surface area (Å²) in [6.07, 6.45) is 3.27. The first kappa shape index (κ1) is 16.6. The lowest BCUT2D eigenvalue weighted by molar-refractivity contribution is -0.388. The normalized spacial score (nSPS) is 16.4. The van der Waals surface area contributed by atoms with Crippen LogP contribution in [0.25, 0.3) is 0 Å². The van der Waals surface area contributed by atoms with Gasteiger partial charge >= 0.3 is 5.69 Å². The summed E-state index contributed by atoms with van der Waals surface area (Å²) in [6, 6.07) is 2.39. The van der Waals surface area contributed by atoms with Crippen molar-refractivity contribution in [3.05, 3.63) is 22.2 Å². The Labute approximate surface area is 129 Å². The summed E-state index contributed by atoms with van der Waals surface area (Å²) in [4.78, 5) is 16.1. The molecular weight excluding hydrogens is 310 g/mol. The molecule has 1 aromatic heterocycles. The van der Waals surface area contributed by atoms with E-state index in [9.17, 15) is 18.5 Å². The second kappa shape index (κ2) is 7.01. The van der Waals surface area contributed by atoms with Gasteiger partial charge in [0.2, 0.25) is 20.7 Å². The molecule has 0 atom stereocenters. The van der Waals surface area contributed by atoms with Crippen molar-refractivity contribution in [2.75, 3.05) is 32.5 Å². The van der Waals surface area contributed by atoms with Crippen LogP contribution >= 0.6 is 0 Å². The first-order chi connectivity index (χ1) is 10.4. The molecule has 0 radical (unpaired) electrons. The molecule has 0 unspecified atom stereocenters. The maximum atomic E-state index is 12.4. The van der Waals surface area contributed by atoms with E-state index in [1.165, 1.54) is 13.2 Å². The van der Waals surface area contributed by atoms with Crippen molar-refractivity contribution in [3.63, 3.8) is 0 Å². The maximum Gasteiger partial charge on any atom is 0.306 e. The highest BCUT2D eigenvalue weighted by Gasteiger charge is 2.29. The lowest BCUT2D eigenvalue weighted by atomic mass is 10.1. The van der Waals surface area contributed by atoms with Crippen molar-refractivity contribution >= 4 is 15.5 Å². The molecule has 1 aromatic rings. The average molecular weight is 329 g/mol. The van der Waals surface area contributed by atoms with Gasteiger partial charge in [-0.3, -0.25) is 10.1 Å². The van der Waals surface area contributed by atoms with Gasteiger partial charge < -0.3 is 9.64 Å². The molecule has 2 heterocycles. The lowest BCUT2D eigenvalue weighted by Crippen LogP contribution is -2.34. The predicted molar refractivity (Wildman–Crippen MR) is 79.8 cm³/mol. The van der Waals surface area contributed by atoms with Crippen LogP contribution in [-0.2, 0) is 9.84 Å². The Bertz CT molecular complexity index is 641. The third-order valence-electron chi connectivity index (χ3n) is 3.64. The van der Waals surface area contributed by atoms with Crippen LogP contribution in [0.3, 0.4) is 0 Å². The van der Waals surface area contributed by atoms with Crippen molar-refractivity contribution in [1.29, 1.82) is 0 Å². The van der Waals surface area contributed by atoms with Crippen molar-refractivity contribution in [2.24, 2.45) is 0 Å². The number of ether oxygens (including phenoxy) is 1. The Morgan fingerprint density at radius 2 is 2.00 bits per heavy atom. The van der Waals surface area contributed by atoms with Crippen LogP contribution in [0.1, 0.15) is 19.3 Å². The lowest BCUT2D eigenvalue weighted by Gasteiger charge is -2.25. The van der Waals surface area contributed by atoms with Crippen LogP contribution in [0.15, 0.2) is 17.2 Å². The number of nitrogens with zero attached hydrogens (tertiary/aromatic N) is 3. The van der Waals surface area contributed by atoms with Gasteiger partial charge in [-0.25, -0.2) is 8.42 Å². The second-order valence-corrected chi connectivity index (χ2v) is 7.18. The largest absolute Gasteiger partial charge is 0.481 e. The fraction of sp³-hybridized carbons (Fsp3) is 0.615. The zero-order valence-electron chi connectivity index (χ0n) is 12.4. The number of hydrogen-bond donors (Lipinski definition) is 0. The Kier molecular flexibility index (Phi) is 5.30. The van der Waals surface area contributed by atoms with Gasteiger partial charge in [0.25, 0.3) is 0 Å². The highest BCUT2D eigenvalue weighted by atomic mass is 32.2. The number of hydrogen-bond acceptors (Lipinski definition) is 7. The van der Waals surface area contributed by atoms with Gasteiger partial charge in [-0.15, -0.1) is 0 Å². The molecular formula is C13H19N3O5S. The fourth-order valence-electron chi connectivity index (χ4n) is 2.43. The van der Waals surface area contributed by atoms with E-state index in [1.54, 1.807) is 0 Å². The van der Waals surface area contributed by atoms with E-state index in [-0.39, 0.29) is 11.6 Å². The minimum atomic E-state index is -3.84. The molecule has 1 aliphatic heterocycles. The van der Waals surface area contributed by atoms with E-state index in [1.807, 2.05) is 0 Å². The van der Waals surface area contributed by atoms with Gasteiger partial charge in [-0.1, -0.05) is 6.42 Å². The molecule has 22 heavy (non-hydrogen) atoms. The number of nitro groups is 1. The van der Waals surface area contributed by atoms with E-state index in [2.05, 4.69) is 9.88 Å². The molecule has 0 amide bonds. The Morgan fingerprint density at radius 1 is 1.32 bits per heavy atom. The van der Waals surface area contributed by atoms with E-state index >= 15 is 0 Å². The minimum absolute atomic E-state index is 0.0437. The third-order valence-corrected chi connectivity index (χ3v) is 5.25. The third kappa shape index (κ3) is 3.92. The fourth-order valence-corrected chi connectivity index (χ4v) is 3.81. The average Bonchev–Trinajstić information content (AvgIpc) is 2.53. The summed E-state index contributed by atoms with van der Waals surface area (Å²) >= 11 is 0. The van der Waals surface area contributed by atoms with Gasteiger partial charge in [0, 0.05) is 18.7 Å². The topological polar surface area (TPSA) is 103 Å². The van der Waals surface area contributed by atoms with Gasteiger partial charge in [-0.2, -0.15) is 4.98 Å². The predicted octanol–water partition coefficient (Wildman–Crippen LogP) is 1.26. The van der Waals surface area contributed by atoms with Gasteiger partial charge in [0.15, 0.2) is 0 Å². The molecule has 8 nitrogen and oxygen atoms in total. The van der Waals surface area contributed by atoms with Crippen molar-refractivity contribution in [3.8, 4) is 5.88 Å². The maximum absolute atomic E-state index is 12.4. The molecule has 0 bridgehead atoms. The molecule has 0 aliphatic carbocycles. The van der Waals surface area contributed by atoms with Crippen LogP contribution < -0.4 is 4.74 Å². The molecule has 0 spiro atoms. The number of rotatable bonds is 6. The molecule has 0 N–H and O–H groups in total. The molecule has 1 fully saturated rings. The molecule has 1 saturated heterocycles. The number of methoxy groups -OCH3 is 1. The van der Waals surface area contributed by atoms with Crippen LogP contribution in [0, 0.1) is 10.1 Å².